The zero-order valence-corrected chi connectivity index (χ0v) is 13.5. The molecule has 2 rings (SSSR count). The fourth-order valence-corrected chi connectivity index (χ4v) is 2.31. The van der Waals surface area contributed by atoms with E-state index in [4.69, 9.17) is 4.74 Å². The van der Waals surface area contributed by atoms with Gasteiger partial charge in [0.15, 0.2) is 0 Å². The summed E-state index contributed by atoms with van der Waals surface area (Å²) in [6.07, 6.45) is 0. The number of carbonyl (C=O) groups is 2. The Hall–Kier alpha value is -2.82. The molecule has 23 heavy (non-hydrogen) atoms. The van der Waals surface area contributed by atoms with Gasteiger partial charge in [0.1, 0.15) is 5.75 Å². The number of amides is 2. The van der Waals surface area contributed by atoms with Gasteiger partial charge in [0.2, 0.25) is 5.91 Å². The Bertz CT molecular complexity index is 706. The highest BCUT2D eigenvalue weighted by atomic mass is 16.5. The lowest BCUT2D eigenvalue weighted by Gasteiger charge is -2.10. The molecule has 2 aromatic carbocycles. The Balaban J connectivity index is 1.95. The van der Waals surface area contributed by atoms with Crippen LogP contribution < -0.4 is 15.4 Å². The fourth-order valence-electron chi connectivity index (χ4n) is 2.31. The highest BCUT2D eigenvalue weighted by Crippen LogP contribution is 2.22. The number of benzene rings is 2. The van der Waals surface area contributed by atoms with E-state index in [1.165, 1.54) is 7.11 Å². The monoisotopic (exact) mass is 312 g/mol. The molecule has 0 saturated heterocycles. The maximum atomic E-state index is 12.1. The molecule has 5 heteroatoms. The third-order valence-corrected chi connectivity index (χ3v) is 3.27. The first kappa shape index (κ1) is 16.5. The number of para-hydroxylation sites is 2. The van der Waals surface area contributed by atoms with Crippen molar-refractivity contribution < 1.29 is 14.3 Å². The third kappa shape index (κ3) is 4.57. The van der Waals surface area contributed by atoms with E-state index in [1.54, 1.807) is 30.3 Å². The van der Waals surface area contributed by atoms with Crippen LogP contribution in [-0.2, 0) is 4.79 Å². The molecule has 0 heterocycles. The normalized spacial score (nSPS) is 10.0. The van der Waals surface area contributed by atoms with Gasteiger partial charge in [0, 0.05) is 5.56 Å². The summed E-state index contributed by atoms with van der Waals surface area (Å²) in [6, 6.07) is 12.7. The summed E-state index contributed by atoms with van der Waals surface area (Å²) in [7, 11) is 1.53. The molecule has 0 spiro atoms. The quantitative estimate of drug-likeness (QED) is 0.892. The van der Waals surface area contributed by atoms with Crippen molar-refractivity contribution in [3.8, 4) is 5.75 Å². The predicted octanol–water partition coefficient (Wildman–Crippen LogP) is 2.68. The topological polar surface area (TPSA) is 67.4 Å². The van der Waals surface area contributed by atoms with Crippen molar-refractivity contribution in [1.82, 2.24) is 5.32 Å². The smallest absolute Gasteiger partial charge is 0.251 e. The van der Waals surface area contributed by atoms with Crippen molar-refractivity contribution in [2.75, 3.05) is 19.0 Å². The van der Waals surface area contributed by atoms with Crippen molar-refractivity contribution in [3.05, 3.63) is 59.2 Å². The van der Waals surface area contributed by atoms with Crippen LogP contribution in [0, 0.1) is 13.8 Å². The van der Waals surface area contributed by atoms with E-state index < -0.39 is 0 Å². The SMILES string of the molecule is COc1ccccc1NC(=O)CNC(=O)c1cc(C)cc(C)c1. The molecular formula is C18H20N2O3. The minimum absolute atomic E-state index is 0.107. The van der Waals surface area contributed by atoms with Gasteiger partial charge in [-0.25, -0.2) is 0 Å². The molecule has 5 nitrogen and oxygen atoms in total. The number of ether oxygens (including phenoxy) is 1. The van der Waals surface area contributed by atoms with Crippen LogP contribution in [0.4, 0.5) is 5.69 Å². The lowest BCUT2D eigenvalue weighted by atomic mass is 10.1. The van der Waals surface area contributed by atoms with Crippen molar-refractivity contribution >= 4 is 17.5 Å². The Morgan fingerprint density at radius 3 is 2.35 bits per heavy atom. The van der Waals surface area contributed by atoms with Gasteiger partial charge < -0.3 is 15.4 Å². The number of methoxy groups -OCH3 is 1. The summed E-state index contributed by atoms with van der Waals surface area (Å²) in [4.78, 5) is 24.1. The summed E-state index contributed by atoms with van der Waals surface area (Å²) >= 11 is 0. The Kier molecular flexibility index (Phi) is 5.36. The van der Waals surface area contributed by atoms with Gasteiger partial charge in [0.05, 0.1) is 19.3 Å². The summed E-state index contributed by atoms with van der Waals surface area (Å²) < 4.78 is 5.17. The first-order chi connectivity index (χ1) is 11.0. The minimum Gasteiger partial charge on any atom is -0.495 e. The second-order valence-corrected chi connectivity index (χ2v) is 5.31. The van der Waals surface area contributed by atoms with Gasteiger partial charge in [-0.15, -0.1) is 0 Å². The van der Waals surface area contributed by atoms with E-state index in [0.717, 1.165) is 11.1 Å². The first-order valence-corrected chi connectivity index (χ1v) is 7.29. The van der Waals surface area contributed by atoms with Crippen LogP contribution in [0.2, 0.25) is 0 Å². The molecule has 0 fully saturated rings. The summed E-state index contributed by atoms with van der Waals surface area (Å²) in [5.74, 6) is -0.0133. The molecule has 0 aliphatic carbocycles. The average Bonchev–Trinajstić information content (AvgIpc) is 2.52. The average molecular weight is 312 g/mol. The molecule has 0 aliphatic rings. The van der Waals surface area contributed by atoms with Crippen LogP contribution in [0.5, 0.6) is 5.75 Å². The molecule has 0 atom stereocenters. The van der Waals surface area contributed by atoms with Crippen molar-refractivity contribution in [3.63, 3.8) is 0 Å². The van der Waals surface area contributed by atoms with Crippen molar-refractivity contribution in [2.24, 2.45) is 0 Å². The van der Waals surface area contributed by atoms with Crippen LogP contribution in [0.25, 0.3) is 0 Å². The summed E-state index contributed by atoms with van der Waals surface area (Å²) in [6.45, 7) is 3.75. The molecule has 2 aromatic rings. The van der Waals surface area contributed by atoms with E-state index in [1.807, 2.05) is 26.0 Å². The number of carbonyl (C=O) groups excluding carboxylic acids is 2. The van der Waals surface area contributed by atoms with Gasteiger partial charge >= 0.3 is 0 Å². The van der Waals surface area contributed by atoms with E-state index in [0.29, 0.717) is 17.0 Å². The van der Waals surface area contributed by atoms with Crippen LogP contribution in [0.1, 0.15) is 21.5 Å². The Labute approximate surface area is 135 Å². The van der Waals surface area contributed by atoms with Crippen molar-refractivity contribution in [2.45, 2.75) is 13.8 Å². The summed E-state index contributed by atoms with van der Waals surface area (Å²) in [5, 5.41) is 5.33. The number of nitrogens with one attached hydrogen (secondary N) is 2. The second kappa shape index (κ2) is 7.45. The predicted molar refractivity (Wildman–Crippen MR) is 89.9 cm³/mol. The number of anilines is 1. The highest BCUT2D eigenvalue weighted by molar-refractivity contribution is 6.00. The molecule has 2 N–H and O–H groups in total. The van der Waals surface area contributed by atoms with Gasteiger partial charge in [-0.2, -0.15) is 0 Å². The van der Waals surface area contributed by atoms with E-state index in [-0.39, 0.29) is 18.4 Å². The molecule has 0 aromatic heterocycles. The van der Waals surface area contributed by atoms with Crippen molar-refractivity contribution in [1.29, 1.82) is 0 Å². The molecule has 0 unspecified atom stereocenters. The molecule has 2 amide bonds. The van der Waals surface area contributed by atoms with Gasteiger partial charge in [-0.3, -0.25) is 9.59 Å². The molecule has 0 aliphatic heterocycles. The highest BCUT2D eigenvalue weighted by Gasteiger charge is 2.10. The third-order valence-electron chi connectivity index (χ3n) is 3.27. The standard InChI is InChI=1S/C18H20N2O3/c1-12-8-13(2)10-14(9-12)18(22)19-11-17(21)20-15-6-4-5-7-16(15)23-3/h4-10H,11H2,1-3H3,(H,19,22)(H,20,21). The lowest BCUT2D eigenvalue weighted by molar-refractivity contribution is -0.115. The first-order valence-electron chi connectivity index (χ1n) is 7.29. The van der Waals surface area contributed by atoms with Crippen LogP contribution in [0.15, 0.2) is 42.5 Å². The minimum atomic E-state index is -0.313. The van der Waals surface area contributed by atoms with E-state index >= 15 is 0 Å². The summed E-state index contributed by atoms with van der Waals surface area (Å²) in [5.41, 5.74) is 3.13. The fraction of sp³-hybridized carbons (Fsp3) is 0.222. The Morgan fingerprint density at radius 1 is 1.04 bits per heavy atom. The van der Waals surface area contributed by atoms with E-state index in [9.17, 15) is 9.59 Å². The Morgan fingerprint density at radius 2 is 1.70 bits per heavy atom. The molecule has 0 saturated carbocycles. The number of aryl methyl sites for hydroxylation is 2. The zero-order valence-electron chi connectivity index (χ0n) is 13.5. The maximum absolute atomic E-state index is 12.1. The largest absolute Gasteiger partial charge is 0.495 e. The maximum Gasteiger partial charge on any atom is 0.251 e. The second-order valence-electron chi connectivity index (χ2n) is 5.31. The van der Waals surface area contributed by atoms with Gasteiger partial charge in [-0.05, 0) is 38.1 Å². The van der Waals surface area contributed by atoms with Crippen LogP contribution in [-0.4, -0.2) is 25.5 Å². The number of rotatable bonds is 5. The molecule has 0 bridgehead atoms. The molecule has 0 radical (unpaired) electrons. The molecule has 120 valence electrons. The van der Waals surface area contributed by atoms with Gasteiger partial charge in [-0.1, -0.05) is 29.3 Å². The van der Waals surface area contributed by atoms with Crippen LogP contribution in [0.3, 0.4) is 0 Å². The molecular weight excluding hydrogens is 292 g/mol. The van der Waals surface area contributed by atoms with Crippen LogP contribution >= 0.6 is 0 Å². The number of hydrogen-bond donors (Lipinski definition) is 2. The lowest BCUT2D eigenvalue weighted by Crippen LogP contribution is -2.33. The van der Waals surface area contributed by atoms with Gasteiger partial charge in [0.25, 0.3) is 5.91 Å². The van der Waals surface area contributed by atoms with E-state index in [2.05, 4.69) is 10.6 Å². The number of hydrogen-bond acceptors (Lipinski definition) is 3. The zero-order chi connectivity index (χ0) is 16.8.